The number of rotatable bonds is 4. The van der Waals surface area contributed by atoms with Crippen LogP contribution in [0.4, 0.5) is 0 Å². The van der Waals surface area contributed by atoms with Crippen molar-refractivity contribution in [1.29, 1.82) is 0 Å². The highest BCUT2D eigenvalue weighted by Crippen LogP contribution is 2.15. The lowest BCUT2D eigenvalue weighted by molar-refractivity contribution is 0.743. The Balaban J connectivity index is 2.63. The Bertz CT molecular complexity index is 266. The Morgan fingerprint density at radius 1 is 1.38 bits per heavy atom. The lowest BCUT2D eigenvalue weighted by Gasteiger charge is -2.08. The van der Waals surface area contributed by atoms with Crippen molar-refractivity contribution < 1.29 is 0 Å². The van der Waals surface area contributed by atoms with E-state index in [1.54, 1.807) is 0 Å². The number of hydrogen-bond donors (Lipinski definition) is 0. The van der Waals surface area contributed by atoms with Gasteiger partial charge in [0.2, 0.25) is 0 Å². The molecule has 0 saturated carbocycles. The molecule has 0 radical (unpaired) electrons. The standard InChI is InChI=1S/C11H12BrCl/c1-2-9(8-12)7-10-3-5-11(13)6-4-10/h2-6,9H,1,7-8H2/t9-/m0/s1. The normalized spacial score (nSPS) is 12.5. The van der Waals surface area contributed by atoms with Crippen molar-refractivity contribution in [2.45, 2.75) is 6.42 Å². The van der Waals surface area contributed by atoms with Crippen LogP contribution in [-0.4, -0.2) is 5.33 Å². The largest absolute Gasteiger partial charge is 0.103 e. The summed E-state index contributed by atoms with van der Waals surface area (Å²) in [5.41, 5.74) is 1.30. The highest BCUT2D eigenvalue weighted by Gasteiger charge is 2.02. The quantitative estimate of drug-likeness (QED) is 0.565. The lowest BCUT2D eigenvalue weighted by Crippen LogP contribution is -2.01. The first-order valence-electron chi connectivity index (χ1n) is 4.19. The number of hydrogen-bond acceptors (Lipinski definition) is 0. The summed E-state index contributed by atoms with van der Waals surface area (Å²) in [5.74, 6) is 0.501. The second-order valence-electron chi connectivity index (χ2n) is 2.98. The second-order valence-corrected chi connectivity index (χ2v) is 4.06. The van der Waals surface area contributed by atoms with E-state index in [-0.39, 0.29) is 0 Å². The van der Waals surface area contributed by atoms with Crippen LogP contribution < -0.4 is 0 Å². The molecule has 0 nitrogen and oxygen atoms in total. The minimum absolute atomic E-state index is 0.501. The van der Waals surface area contributed by atoms with E-state index >= 15 is 0 Å². The zero-order valence-electron chi connectivity index (χ0n) is 7.34. The first kappa shape index (κ1) is 10.8. The summed E-state index contributed by atoms with van der Waals surface area (Å²) in [4.78, 5) is 0. The van der Waals surface area contributed by atoms with E-state index in [4.69, 9.17) is 11.6 Å². The molecule has 0 unspecified atom stereocenters. The average Bonchev–Trinajstić information content (AvgIpc) is 2.17. The summed E-state index contributed by atoms with van der Waals surface area (Å²) in [6, 6.07) is 7.96. The van der Waals surface area contributed by atoms with Gasteiger partial charge in [-0.15, -0.1) is 6.58 Å². The molecule has 70 valence electrons. The molecule has 1 rings (SSSR count). The zero-order chi connectivity index (χ0) is 9.68. The van der Waals surface area contributed by atoms with Crippen molar-refractivity contribution in [3.05, 3.63) is 47.5 Å². The molecule has 0 aliphatic heterocycles. The second kappa shape index (κ2) is 5.46. The van der Waals surface area contributed by atoms with Gasteiger partial charge in [-0.05, 0) is 30.0 Å². The smallest absolute Gasteiger partial charge is 0.0406 e. The molecule has 2 heteroatoms. The fourth-order valence-corrected chi connectivity index (χ4v) is 1.74. The third-order valence-electron chi connectivity index (χ3n) is 1.94. The van der Waals surface area contributed by atoms with Crippen LogP contribution in [0.2, 0.25) is 5.02 Å². The Kier molecular flexibility index (Phi) is 4.54. The van der Waals surface area contributed by atoms with Crippen LogP contribution in [0, 0.1) is 5.92 Å². The van der Waals surface area contributed by atoms with E-state index in [9.17, 15) is 0 Å². The summed E-state index contributed by atoms with van der Waals surface area (Å²) < 4.78 is 0. The van der Waals surface area contributed by atoms with Gasteiger partial charge in [-0.1, -0.05) is 45.7 Å². The molecular weight excluding hydrogens is 247 g/mol. The maximum absolute atomic E-state index is 5.79. The Hall–Kier alpha value is -0.270. The van der Waals surface area contributed by atoms with Gasteiger partial charge in [0.15, 0.2) is 0 Å². The molecule has 0 heterocycles. The van der Waals surface area contributed by atoms with E-state index in [0.717, 1.165) is 16.8 Å². The fraction of sp³-hybridized carbons (Fsp3) is 0.273. The fourth-order valence-electron chi connectivity index (χ4n) is 1.12. The third kappa shape index (κ3) is 3.53. The summed E-state index contributed by atoms with van der Waals surface area (Å²) >= 11 is 9.24. The summed E-state index contributed by atoms with van der Waals surface area (Å²) in [7, 11) is 0. The summed E-state index contributed by atoms with van der Waals surface area (Å²) in [6.45, 7) is 3.79. The van der Waals surface area contributed by atoms with E-state index in [0.29, 0.717) is 5.92 Å². The Labute approximate surface area is 92.7 Å². The summed E-state index contributed by atoms with van der Waals surface area (Å²) in [5, 5.41) is 1.75. The first-order valence-corrected chi connectivity index (χ1v) is 5.69. The van der Waals surface area contributed by atoms with Gasteiger partial charge in [-0.2, -0.15) is 0 Å². The van der Waals surface area contributed by atoms with Crippen molar-refractivity contribution in [1.82, 2.24) is 0 Å². The van der Waals surface area contributed by atoms with Crippen molar-refractivity contribution in [2.75, 3.05) is 5.33 Å². The molecule has 0 N–H and O–H groups in total. The molecule has 0 aliphatic carbocycles. The van der Waals surface area contributed by atoms with Gasteiger partial charge in [-0.3, -0.25) is 0 Å². The van der Waals surface area contributed by atoms with Crippen molar-refractivity contribution >= 4 is 27.5 Å². The van der Waals surface area contributed by atoms with Crippen LogP contribution in [0.5, 0.6) is 0 Å². The van der Waals surface area contributed by atoms with Gasteiger partial charge in [0.1, 0.15) is 0 Å². The summed E-state index contributed by atoms with van der Waals surface area (Å²) in [6.07, 6.45) is 3.00. The van der Waals surface area contributed by atoms with Gasteiger partial charge in [0.25, 0.3) is 0 Å². The van der Waals surface area contributed by atoms with Crippen LogP contribution in [0.3, 0.4) is 0 Å². The van der Waals surface area contributed by atoms with Crippen LogP contribution in [-0.2, 0) is 6.42 Å². The van der Waals surface area contributed by atoms with E-state index in [1.165, 1.54) is 5.56 Å². The molecular formula is C11H12BrCl. The van der Waals surface area contributed by atoms with Gasteiger partial charge in [0, 0.05) is 10.4 Å². The lowest BCUT2D eigenvalue weighted by atomic mass is 10.0. The molecule has 1 atom stereocenters. The van der Waals surface area contributed by atoms with E-state index in [1.807, 2.05) is 18.2 Å². The Morgan fingerprint density at radius 2 is 2.00 bits per heavy atom. The van der Waals surface area contributed by atoms with Crippen molar-refractivity contribution in [3.8, 4) is 0 Å². The van der Waals surface area contributed by atoms with Gasteiger partial charge < -0.3 is 0 Å². The first-order chi connectivity index (χ1) is 6.26. The maximum Gasteiger partial charge on any atom is 0.0406 e. The van der Waals surface area contributed by atoms with Crippen LogP contribution in [0.25, 0.3) is 0 Å². The molecule has 0 spiro atoms. The van der Waals surface area contributed by atoms with Gasteiger partial charge in [0.05, 0.1) is 0 Å². The molecule has 1 aromatic carbocycles. The van der Waals surface area contributed by atoms with Crippen LogP contribution in [0.15, 0.2) is 36.9 Å². The van der Waals surface area contributed by atoms with Crippen LogP contribution in [0.1, 0.15) is 5.56 Å². The highest BCUT2D eigenvalue weighted by molar-refractivity contribution is 9.09. The highest BCUT2D eigenvalue weighted by atomic mass is 79.9. The number of halogens is 2. The number of alkyl halides is 1. The predicted octanol–water partition coefficient (Wildman–Crippen LogP) is 4.08. The maximum atomic E-state index is 5.79. The number of benzene rings is 1. The van der Waals surface area contributed by atoms with E-state index in [2.05, 4.69) is 34.6 Å². The average molecular weight is 260 g/mol. The zero-order valence-corrected chi connectivity index (χ0v) is 9.68. The molecule has 0 saturated heterocycles. The molecule has 0 aromatic heterocycles. The number of allylic oxidation sites excluding steroid dienone is 1. The topological polar surface area (TPSA) is 0 Å². The molecule has 0 fully saturated rings. The Morgan fingerprint density at radius 3 is 2.46 bits per heavy atom. The van der Waals surface area contributed by atoms with Crippen molar-refractivity contribution in [2.24, 2.45) is 5.92 Å². The van der Waals surface area contributed by atoms with Crippen LogP contribution >= 0.6 is 27.5 Å². The molecule has 0 amide bonds. The molecule has 13 heavy (non-hydrogen) atoms. The predicted molar refractivity (Wildman–Crippen MR) is 62.6 cm³/mol. The van der Waals surface area contributed by atoms with E-state index < -0.39 is 0 Å². The SMILES string of the molecule is C=C[C@H](CBr)Cc1ccc(Cl)cc1. The molecule has 0 aliphatic rings. The monoisotopic (exact) mass is 258 g/mol. The van der Waals surface area contributed by atoms with Gasteiger partial charge in [-0.25, -0.2) is 0 Å². The third-order valence-corrected chi connectivity index (χ3v) is 3.03. The minimum Gasteiger partial charge on any atom is -0.103 e. The van der Waals surface area contributed by atoms with Crippen molar-refractivity contribution in [3.63, 3.8) is 0 Å². The molecule has 0 bridgehead atoms. The van der Waals surface area contributed by atoms with Gasteiger partial charge >= 0.3 is 0 Å². The minimum atomic E-state index is 0.501. The molecule has 1 aromatic rings.